The quantitative estimate of drug-likeness (QED) is 0.268. The van der Waals surface area contributed by atoms with Crippen molar-refractivity contribution in [2.75, 3.05) is 13.1 Å². The van der Waals surface area contributed by atoms with Crippen LogP contribution in [0.3, 0.4) is 0 Å². The molecule has 0 unspecified atom stereocenters. The van der Waals surface area contributed by atoms with Gasteiger partial charge in [-0.05, 0) is 82.6 Å². The molecule has 0 saturated carbocycles. The zero-order valence-corrected chi connectivity index (χ0v) is 22.4. The van der Waals surface area contributed by atoms with Crippen molar-refractivity contribution in [3.05, 3.63) is 81.6 Å². The molecule has 0 amide bonds. The first kappa shape index (κ1) is 24.5. The van der Waals surface area contributed by atoms with Crippen molar-refractivity contribution in [3.8, 4) is 22.4 Å². The Bertz CT molecular complexity index is 1370. The van der Waals surface area contributed by atoms with Crippen molar-refractivity contribution < 1.29 is 0 Å². The Morgan fingerprint density at radius 1 is 0.829 bits per heavy atom. The SMILES string of the molecule is CC(C)(C)N1CCC(c2cc(-c3ccccc3Cl)c3ccnc(-c4c(Cl)cccc4Cl)c3n2)CC1. The van der Waals surface area contributed by atoms with Gasteiger partial charge in [0.25, 0.3) is 0 Å². The monoisotopic (exact) mass is 523 g/mol. The Kier molecular flexibility index (Phi) is 6.80. The van der Waals surface area contributed by atoms with Gasteiger partial charge in [-0.2, -0.15) is 0 Å². The van der Waals surface area contributed by atoms with Crippen molar-refractivity contribution in [3.63, 3.8) is 0 Å². The highest BCUT2D eigenvalue weighted by Crippen LogP contribution is 2.42. The number of benzene rings is 2. The fraction of sp³-hybridized carbons (Fsp3) is 0.310. The van der Waals surface area contributed by atoms with E-state index < -0.39 is 0 Å². The summed E-state index contributed by atoms with van der Waals surface area (Å²) in [6.45, 7) is 8.93. The summed E-state index contributed by atoms with van der Waals surface area (Å²) in [7, 11) is 0. The number of likely N-dealkylation sites (tertiary alicyclic amines) is 1. The standard InChI is InChI=1S/C29H28Cl3N3/c1-29(2,3)35-15-12-18(13-16-35)25-17-21(19-7-4-5-8-22(19)30)20-11-14-33-28(27(20)34-25)26-23(31)9-6-10-24(26)32/h4-11,14,17-18H,12-13,15-16H2,1-3H3. The predicted molar refractivity (Wildman–Crippen MR) is 149 cm³/mol. The van der Waals surface area contributed by atoms with Crippen LogP contribution in [0.25, 0.3) is 33.3 Å². The molecule has 0 radical (unpaired) electrons. The van der Waals surface area contributed by atoms with Gasteiger partial charge in [0.05, 0.1) is 21.3 Å². The average Bonchev–Trinajstić information content (AvgIpc) is 2.83. The third-order valence-electron chi connectivity index (χ3n) is 6.97. The molecule has 0 aliphatic carbocycles. The average molecular weight is 525 g/mol. The third-order valence-corrected chi connectivity index (χ3v) is 7.93. The Morgan fingerprint density at radius 2 is 1.49 bits per heavy atom. The first-order valence-electron chi connectivity index (χ1n) is 12.0. The lowest BCUT2D eigenvalue weighted by molar-refractivity contribution is 0.102. The minimum absolute atomic E-state index is 0.169. The number of nitrogens with zero attached hydrogens (tertiary/aromatic N) is 3. The van der Waals surface area contributed by atoms with Crippen LogP contribution in [-0.2, 0) is 0 Å². The first-order chi connectivity index (χ1) is 16.7. The molecule has 3 heterocycles. The molecule has 0 N–H and O–H groups in total. The highest BCUT2D eigenvalue weighted by molar-refractivity contribution is 6.39. The van der Waals surface area contributed by atoms with Gasteiger partial charge in [0.1, 0.15) is 0 Å². The highest BCUT2D eigenvalue weighted by Gasteiger charge is 2.29. The van der Waals surface area contributed by atoms with Gasteiger partial charge in [-0.1, -0.05) is 59.1 Å². The van der Waals surface area contributed by atoms with E-state index in [0.29, 0.717) is 32.2 Å². The summed E-state index contributed by atoms with van der Waals surface area (Å²) in [5.74, 6) is 0.356. The van der Waals surface area contributed by atoms with Crippen molar-refractivity contribution in [1.82, 2.24) is 14.9 Å². The van der Waals surface area contributed by atoms with Crippen molar-refractivity contribution in [2.24, 2.45) is 0 Å². The lowest BCUT2D eigenvalue weighted by Crippen LogP contribution is -2.45. The van der Waals surface area contributed by atoms with Crippen LogP contribution >= 0.6 is 34.8 Å². The molecule has 6 heteroatoms. The third kappa shape index (κ3) is 4.80. The number of halogens is 3. The summed E-state index contributed by atoms with van der Waals surface area (Å²) in [5, 5.41) is 2.81. The van der Waals surface area contributed by atoms with E-state index in [4.69, 9.17) is 44.8 Å². The molecule has 1 saturated heterocycles. The largest absolute Gasteiger partial charge is 0.298 e. The Hall–Kier alpha value is -2.17. The van der Waals surface area contributed by atoms with E-state index in [1.807, 2.05) is 42.5 Å². The second kappa shape index (κ2) is 9.71. The van der Waals surface area contributed by atoms with Crippen LogP contribution in [0.5, 0.6) is 0 Å². The van der Waals surface area contributed by atoms with Crippen LogP contribution in [-0.4, -0.2) is 33.5 Å². The number of piperidine rings is 1. The van der Waals surface area contributed by atoms with Crippen LogP contribution in [0.1, 0.15) is 45.2 Å². The van der Waals surface area contributed by atoms with Crippen LogP contribution < -0.4 is 0 Å². The fourth-order valence-electron chi connectivity index (χ4n) is 5.04. The molecule has 1 aliphatic rings. The number of aromatic nitrogens is 2. The van der Waals surface area contributed by atoms with Crippen LogP contribution in [0.15, 0.2) is 60.8 Å². The molecule has 3 nitrogen and oxygen atoms in total. The summed E-state index contributed by atoms with van der Waals surface area (Å²) >= 11 is 19.9. The second-order valence-electron chi connectivity index (χ2n) is 10.2. The summed E-state index contributed by atoms with van der Waals surface area (Å²) in [6, 6.07) is 17.7. The number of pyridine rings is 2. The van der Waals surface area contributed by atoms with Gasteiger partial charge in [0.15, 0.2) is 0 Å². The van der Waals surface area contributed by atoms with Gasteiger partial charge in [0.2, 0.25) is 0 Å². The maximum Gasteiger partial charge on any atom is 0.0994 e. The van der Waals surface area contributed by atoms with Crippen LogP contribution in [0, 0.1) is 0 Å². The molecule has 2 aromatic heterocycles. The minimum atomic E-state index is 0.169. The van der Waals surface area contributed by atoms with Gasteiger partial charge in [-0.25, -0.2) is 0 Å². The maximum absolute atomic E-state index is 6.69. The summed E-state index contributed by atoms with van der Waals surface area (Å²) in [5.41, 5.74) is 5.48. The lowest BCUT2D eigenvalue weighted by Gasteiger charge is -2.40. The van der Waals surface area contributed by atoms with Crippen molar-refractivity contribution in [2.45, 2.75) is 45.1 Å². The number of hydrogen-bond donors (Lipinski definition) is 0. The highest BCUT2D eigenvalue weighted by atomic mass is 35.5. The minimum Gasteiger partial charge on any atom is -0.298 e. The molecular formula is C29H28Cl3N3. The number of rotatable bonds is 3. The molecule has 180 valence electrons. The normalized spacial score (nSPS) is 15.6. The van der Waals surface area contributed by atoms with Gasteiger partial charge in [-0.3, -0.25) is 14.9 Å². The summed E-state index contributed by atoms with van der Waals surface area (Å²) in [4.78, 5) is 12.5. The van der Waals surface area contributed by atoms with Gasteiger partial charge < -0.3 is 0 Å². The van der Waals surface area contributed by atoms with E-state index in [9.17, 15) is 0 Å². The molecule has 0 bridgehead atoms. The molecule has 5 rings (SSSR count). The zero-order valence-electron chi connectivity index (χ0n) is 20.2. The Labute approximate surface area is 222 Å². The van der Waals surface area contributed by atoms with Crippen molar-refractivity contribution >= 4 is 45.7 Å². The first-order valence-corrected chi connectivity index (χ1v) is 13.1. The topological polar surface area (TPSA) is 29.0 Å². The van der Waals surface area contributed by atoms with E-state index in [-0.39, 0.29) is 5.54 Å². The second-order valence-corrected chi connectivity index (χ2v) is 11.4. The van der Waals surface area contributed by atoms with E-state index in [1.165, 1.54) is 0 Å². The Balaban J connectivity index is 1.71. The zero-order chi connectivity index (χ0) is 24.7. The van der Waals surface area contributed by atoms with Gasteiger partial charge >= 0.3 is 0 Å². The molecule has 0 atom stereocenters. The number of hydrogen-bond acceptors (Lipinski definition) is 3. The van der Waals surface area contributed by atoms with Gasteiger partial charge in [0, 0.05) is 44.9 Å². The van der Waals surface area contributed by atoms with Crippen LogP contribution in [0.4, 0.5) is 0 Å². The fourth-order valence-corrected chi connectivity index (χ4v) is 5.85. The lowest BCUT2D eigenvalue weighted by atomic mass is 9.88. The molecule has 0 spiro atoms. The predicted octanol–water partition coefficient (Wildman–Crippen LogP) is 8.90. The smallest absolute Gasteiger partial charge is 0.0994 e. The molecule has 1 fully saturated rings. The van der Waals surface area contributed by atoms with Crippen LogP contribution in [0.2, 0.25) is 15.1 Å². The molecule has 1 aliphatic heterocycles. The number of fused-ring (bicyclic) bond motifs is 1. The van der Waals surface area contributed by atoms with E-state index in [1.54, 1.807) is 6.20 Å². The summed E-state index contributed by atoms with van der Waals surface area (Å²) in [6.07, 6.45) is 3.90. The molecule has 2 aromatic carbocycles. The maximum atomic E-state index is 6.69. The molecular weight excluding hydrogens is 497 g/mol. The van der Waals surface area contributed by atoms with E-state index in [2.05, 4.69) is 37.8 Å². The van der Waals surface area contributed by atoms with E-state index in [0.717, 1.165) is 53.7 Å². The Morgan fingerprint density at radius 3 is 2.14 bits per heavy atom. The summed E-state index contributed by atoms with van der Waals surface area (Å²) < 4.78 is 0. The van der Waals surface area contributed by atoms with Crippen molar-refractivity contribution in [1.29, 1.82) is 0 Å². The van der Waals surface area contributed by atoms with Gasteiger partial charge in [-0.15, -0.1) is 0 Å². The molecule has 35 heavy (non-hydrogen) atoms. The molecule has 4 aromatic rings. The van der Waals surface area contributed by atoms with E-state index >= 15 is 0 Å².